The fraction of sp³-hybridized carbons (Fsp3) is 0.882. The highest BCUT2D eigenvalue weighted by Gasteiger charge is 3.01. The van der Waals surface area contributed by atoms with Crippen molar-refractivity contribution in [1.29, 1.82) is 0 Å². The topological polar surface area (TPSA) is 9.23 Å². The summed E-state index contributed by atoms with van der Waals surface area (Å²) in [6.45, 7) is -0.229. The van der Waals surface area contributed by atoms with Crippen LogP contribution in [0.3, 0.4) is 0 Å². The van der Waals surface area contributed by atoms with Crippen LogP contribution in [-0.4, -0.2) is 90.0 Å². The largest absolute Gasteiger partial charge is 0.460 e. The molecule has 1 nitrogen and oxygen atoms in total. The molecule has 0 saturated heterocycles. The zero-order chi connectivity index (χ0) is 39.1. The number of ether oxygens (including phenoxy) is 1. The Kier molecular flexibility index (Phi) is 10.5. The highest BCUT2D eigenvalue weighted by molar-refractivity contribution is 5.21. The lowest BCUT2D eigenvalue weighted by Crippen LogP contribution is -2.79. The zero-order valence-corrected chi connectivity index (χ0v) is 20.4. The predicted octanol–water partition coefficient (Wildman–Crippen LogP) is 9.97. The number of halogens is 29. The molecule has 0 N–H and O–H groups in total. The van der Waals surface area contributed by atoms with Crippen molar-refractivity contribution in [1.82, 2.24) is 0 Å². The Hall–Kier alpha value is -2.33. The van der Waals surface area contributed by atoms with Crippen LogP contribution in [0.15, 0.2) is 12.7 Å². The lowest BCUT2D eigenvalue weighted by Gasteiger charge is -2.46. The van der Waals surface area contributed by atoms with Crippen molar-refractivity contribution < 1.29 is 132 Å². The summed E-state index contributed by atoms with van der Waals surface area (Å²) in [7, 11) is 0. The maximum Gasteiger partial charge on any atom is 0.460 e. The number of alkyl halides is 29. The Morgan fingerprint density at radius 1 is 0.298 bits per heavy atom. The Labute approximate surface area is 236 Å². The van der Waals surface area contributed by atoms with Gasteiger partial charge in [0.15, 0.2) is 0 Å². The molecule has 30 heteroatoms. The fourth-order valence-electron chi connectivity index (χ4n) is 2.68. The molecule has 0 saturated carbocycles. The van der Waals surface area contributed by atoms with Crippen LogP contribution in [0, 0.1) is 0 Å². The monoisotopic (exact) mass is 776 g/mol. The van der Waals surface area contributed by atoms with E-state index < -0.39 is 90.0 Å². The molecular weight excluding hydrogens is 771 g/mol. The van der Waals surface area contributed by atoms with Gasteiger partial charge >= 0.3 is 83.4 Å². The van der Waals surface area contributed by atoms with E-state index in [1.165, 1.54) is 0 Å². The van der Waals surface area contributed by atoms with E-state index in [0.29, 0.717) is 0 Å². The molecule has 0 radical (unpaired) electrons. The number of rotatable bonds is 14. The first-order valence-corrected chi connectivity index (χ1v) is 10.0. The summed E-state index contributed by atoms with van der Waals surface area (Å²) in [6.07, 6.45) is -16.5. The summed E-state index contributed by atoms with van der Waals surface area (Å²) in [5, 5.41) is 0. The average molecular weight is 776 g/mol. The van der Waals surface area contributed by atoms with E-state index >= 15 is 0 Å². The van der Waals surface area contributed by atoms with Crippen LogP contribution in [0.4, 0.5) is 127 Å². The SMILES string of the molecule is C=CCOC(F)(C(F)(F)F)C(F)(F)C(F)(F)C(F)(F)C(F)(F)C(F)(F)C(F)(F)C(F)(F)C(F)(F)C(F)(F)C(F)(F)C(F)(F)C(F)(F)F. The predicted molar refractivity (Wildman–Crippen MR) is 86.5 cm³/mol. The van der Waals surface area contributed by atoms with Gasteiger partial charge in [0, 0.05) is 0 Å². The maximum absolute atomic E-state index is 13.9. The lowest BCUT2D eigenvalue weighted by atomic mass is 9.83. The second-order valence-electron chi connectivity index (χ2n) is 8.51. The van der Waals surface area contributed by atoms with E-state index in [1.807, 2.05) is 0 Å². The molecule has 0 aliphatic carbocycles. The van der Waals surface area contributed by atoms with Crippen LogP contribution < -0.4 is 0 Å². The molecule has 1 unspecified atom stereocenters. The molecule has 0 heterocycles. The molecule has 1 atom stereocenters. The van der Waals surface area contributed by atoms with Gasteiger partial charge < -0.3 is 4.74 Å². The number of hydrogen-bond donors (Lipinski definition) is 0. The first-order valence-electron chi connectivity index (χ1n) is 10.0. The van der Waals surface area contributed by atoms with E-state index in [9.17, 15) is 127 Å². The van der Waals surface area contributed by atoms with Crippen molar-refractivity contribution in [2.75, 3.05) is 6.61 Å². The first-order chi connectivity index (χ1) is 19.8. The van der Waals surface area contributed by atoms with Crippen LogP contribution in [0.25, 0.3) is 0 Å². The molecule has 282 valence electrons. The van der Waals surface area contributed by atoms with Crippen LogP contribution in [0.1, 0.15) is 0 Å². The molecule has 0 aliphatic heterocycles. The zero-order valence-electron chi connectivity index (χ0n) is 20.4. The lowest BCUT2D eigenvalue weighted by molar-refractivity contribution is -0.495. The Morgan fingerprint density at radius 3 is 0.660 bits per heavy atom. The van der Waals surface area contributed by atoms with Gasteiger partial charge in [0.05, 0.1) is 6.61 Å². The van der Waals surface area contributed by atoms with E-state index in [4.69, 9.17) is 0 Å². The minimum atomic E-state index is -9.93. The van der Waals surface area contributed by atoms with Crippen molar-refractivity contribution in [3.63, 3.8) is 0 Å². The third kappa shape index (κ3) is 5.29. The Bertz CT molecular complexity index is 1140. The molecule has 0 aliphatic rings. The van der Waals surface area contributed by atoms with Crippen LogP contribution in [0.5, 0.6) is 0 Å². The van der Waals surface area contributed by atoms with Gasteiger partial charge in [-0.1, -0.05) is 6.08 Å². The molecule has 47 heavy (non-hydrogen) atoms. The first kappa shape index (κ1) is 44.7. The van der Waals surface area contributed by atoms with Crippen molar-refractivity contribution >= 4 is 0 Å². The molecule has 0 fully saturated rings. The highest BCUT2D eigenvalue weighted by Crippen LogP contribution is 2.68. The van der Waals surface area contributed by atoms with Crippen molar-refractivity contribution in [3.05, 3.63) is 12.7 Å². The van der Waals surface area contributed by atoms with E-state index in [1.54, 1.807) is 0 Å². The molecule has 0 spiro atoms. The smallest absolute Gasteiger partial charge is 0.330 e. The minimum Gasteiger partial charge on any atom is -0.330 e. The molecule has 0 aromatic heterocycles. The van der Waals surface area contributed by atoms with Gasteiger partial charge in [0.2, 0.25) is 0 Å². The summed E-state index contributed by atoms with van der Waals surface area (Å²) >= 11 is 0. The van der Waals surface area contributed by atoms with Crippen molar-refractivity contribution in [3.8, 4) is 0 Å². The highest BCUT2D eigenvalue weighted by atomic mass is 19.4. The molecule has 0 aromatic carbocycles. The minimum absolute atomic E-state index is 0.345. The van der Waals surface area contributed by atoms with E-state index in [-0.39, 0.29) is 6.08 Å². The molecular formula is C17H5F29O. The van der Waals surface area contributed by atoms with E-state index in [0.717, 1.165) is 0 Å². The van der Waals surface area contributed by atoms with Crippen LogP contribution in [0.2, 0.25) is 0 Å². The summed E-state index contributed by atoms with van der Waals surface area (Å²) < 4.78 is 389. The third-order valence-electron chi connectivity index (χ3n) is 5.47. The summed E-state index contributed by atoms with van der Waals surface area (Å²) in [5.74, 6) is -113. The summed E-state index contributed by atoms with van der Waals surface area (Å²) in [6, 6.07) is 0. The normalized spacial score (nSPS) is 17.9. The quantitative estimate of drug-likeness (QED) is 0.126. The molecule has 0 aromatic rings. The van der Waals surface area contributed by atoms with Gasteiger partial charge in [-0.15, -0.1) is 6.58 Å². The average Bonchev–Trinajstić information content (AvgIpc) is 2.84. The molecule has 0 rings (SSSR count). The third-order valence-corrected chi connectivity index (χ3v) is 5.47. The van der Waals surface area contributed by atoms with Crippen LogP contribution in [-0.2, 0) is 4.74 Å². The van der Waals surface area contributed by atoms with Gasteiger partial charge in [-0.05, 0) is 0 Å². The number of hydrogen-bond acceptors (Lipinski definition) is 1. The second kappa shape index (κ2) is 11.1. The Balaban J connectivity index is 7.62. The van der Waals surface area contributed by atoms with Gasteiger partial charge in [0.25, 0.3) is 0 Å². The van der Waals surface area contributed by atoms with Crippen LogP contribution >= 0.6 is 0 Å². The summed E-state index contributed by atoms with van der Waals surface area (Å²) in [4.78, 5) is 0. The standard InChI is InChI=1S/C17H5F29O/c1-2-3-47-15(40,17(44,45)46)13(36,37)11(32,33)9(28,29)7(24,25)5(20,21)4(18,19)6(22,23)8(26,27)10(30,31)12(34,35)14(38,39)16(41,42)43/h2H,1,3H2. The maximum atomic E-state index is 13.9. The van der Waals surface area contributed by atoms with Gasteiger partial charge in [0.1, 0.15) is 0 Å². The fourth-order valence-corrected chi connectivity index (χ4v) is 2.68. The Morgan fingerprint density at radius 2 is 0.489 bits per heavy atom. The second-order valence-corrected chi connectivity index (χ2v) is 8.51. The van der Waals surface area contributed by atoms with Crippen molar-refractivity contribution in [2.24, 2.45) is 0 Å². The summed E-state index contributed by atoms with van der Waals surface area (Å²) in [5.41, 5.74) is 0. The van der Waals surface area contributed by atoms with E-state index in [2.05, 4.69) is 11.3 Å². The van der Waals surface area contributed by atoms with Crippen molar-refractivity contribution in [2.45, 2.75) is 83.4 Å². The molecule has 0 amide bonds. The van der Waals surface area contributed by atoms with Gasteiger partial charge in [-0.3, -0.25) is 0 Å². The molecule has 0 bridgehead atoms. The van der Waals surface area contributed by atoms with Gasteiger partial charge in [-0.2, -0.15) is 127 Å². The van der Waals surface area contributed by atoms with Gasteiger partial charge in [-0.25, -0.2) is 0 Å².